The molecule has 3 rings (SSSR count). The average Bonchev–Trinajstić information content (AvgIpc) is 2.74. The lowest BCUT2D eigenvalue weighted by molar-refractivity contribution is -0.118. The number of carbonyl (C=O) groups is 1. The van der Waals surface area contributed by atoms with E-state index in [4.69, 9.17) is 4.74 Å². The summed E-state index contributed by atoms with van der Waals surface area (Å²) in [6, 6.07) is 21.1. The second-order valence-corrected chi connectivity index (χ2v) is 8.71. The van der Waals surface area contributed by atoms with Crippen molar-refractivity contribution in [3.05, 3.63) is 89.5 Å². The normalized spacial score (nSPS) is 11.1. The molecule has 0 aliphatic carbocycles. The van der Waals surface area contributed by atoms with E-state index in [-0.39, 0.29) is 24.0 Å². The largest absolute Gasteiger partial charge is 0.483 e. The van der Waals surface area contributed by atoms with Crippen molar-refractivity contribution in [3.63, 3.8) is 0 Å². The Labute approximate surface area is 177 Å². The van der Waals surface area contributed by atoms with Crippen molar-refractivity contribution >= 4 is 21.6 Å². The minimum absolute atomic E-state index is 0.128. The van der Waals surface area contributed by atoms with Crippen LogP contribution in [-0.2, 0) is 21.4 Å². The van der Waals surface area contributed by atoms with E-state index in [0.29, 0.717) is 11.4 Å². The second-order valence-electron chi connectivity index (χ2n) is 6.94. The van der Waals surface area contributed by atoms with Crippen LogP contribution < -0.4 is 14.8 Å². The van der Waals surface area contributed by atoms with Gasteiger partial charge in [0.2, 0.25) is 10.0 Å². The molecule has 0 saturated heterocycles. The van der Waals surface area contributed by atoms with Gasteiger partial charge in [0.1, 0.15) is 5.75 Å². The van der Waals surface area contributed by atoms with Crippen molar-refractivity contribution in [2.45, 2.75) is 25.3 Å². The van der Waals surface area contributed by atoms with Gasteiger partial charge in [-0.05, 0) is 60.9 Å². The Balaban J connectivity index is 1.55. The number of aryl methyl sites for hydroxylation is 2. The number of anilines is 1. The molecule has 0 unspecified atom stereocenters. The Kier molecular flexibility index (Phi) is 6.87. The van der Waals surface area contributed by atoms with Crippen LogP contribution in [0, 0.1) is 13.8 Å². The number of ether oxygens (including phenoxy) is 1. The summed E-state index contributed by atoms with van der Waals surface area (Å²) in [7, 11) is -3.65. The fourth-order valence-electron chi connectivity index (χ4n) is 2.78. The number of carbonyl (C=O) groups excluding carboxylic acids is 1. The van der Waals surface area contributed by atoms with Crippen LogP contribution in [0.5, 0.6) is 5.75 Å². The molecule has 3 aromatic rings. The smallest absolute Gasteiger partial charge is 0.262 e. The third-order valence-electron chi connectivity index (χ3n) is 4.46. The van der Waals surface area contributed by atoms with Gasteiger partial charge in [-0.15, -0.1) is 0 Å². The van der Waals surface area contributed by atoms with E-state index in [2.05, 4.69) is 10.0 Å². The number of nitrogens with one attached hydrogen (secondary N) is 2. The standard InChI is InChI=1S/C23H24N2O4S/c1-17-8-9-18(2)22(14-17)29-16-23(26)25-20-10-12-21(13-11-20)30(27,28)24-15-19-6-4-3-5-7-19/h3-14,24H,15-16H2,1-2H3,(H,25,26). The number of rotatable bonds is 8. The monoisotopic (exact) mass is 424 g/mol. The second kappa shape index (κ2) is 9.56. The van der Waals surface area contributed by atoms with Gasteiger partial charge in [-0.1, -0.05) is 42.5 Å². The molecule has 156 valence electrons. The molecule has 0 heterocycles. The molecular weight excluding hydrogens is 400 g/mol. The number of sulfonamides is 1. The van der Waals surface area contributed by atoms with Crippen molar-refractivity contribution in [1.82, 2.24) is 4.72 Å². The van der Waals surface area contributed by atoms with E-state index in [1.54, 1.807) is 12.1 Å². The Morgan fingerprint density at radius 3 is 2.33 bits per heavy atom. The van der Waals surface area contributed by atoms with Gasteiger partial charge in [-0.2, -0.15) is 0 Å². The summed E-state index contributed by atoms with van der Waals surface area (Å²) < 4.78 is 33.0. The van der Waals surface area contributed by atoms with E-state index in [9.17, 15) is 13.2 Å². The summed E-state index contributed by atoms with van der Waals surface area (Å²) in [5.74, 6) is 0.338. The highest BCUT2D eigenvalue weighted by atomic mass is 32.2. The van der Waals surface area contributed by atoms with Gasteiger partial charge in [0.05, 0.1) is 4.90 Å². The highest BCUT2D eigenvalue weighted by Crippen LogP contribution is 2.19. The molecule has 3 aromatic carbocycles. The van der Waals surface area contributed by atoms with Crippen molar-refractivity contribution in [1.29, 1.82) is 0 Å². The summed E-state index contributed by atoms with van der Waals surface area (Å²) in [6.45, 7) is 3.94. The van der Waals surface area contributed by atoms with Crippen molar-refractivity contribution in [2.24, 2.45) is 0 Å². The summed E-state index contributed by atoms with van der Waals surface area (Å²) in [5.41, 5.74) is 3.36. The minimum Gasteiger partial charge on any atom is -0.483 e. The van der Waals surface area contributed by atoms with E-state index < -0.39 is 10.0 Å². The lowest BCUT2D eigenvalue weighted by Crippen LogP contribution is -2.23. The fraction of sp³-hybridized carbons (Fsp3) is 0.174. The highest BCUT2D eigenvalue weighted by molar-refractivity contribution is 7.89. The van der Waals surface area contributed by atoms with E-state index in [0.717, 1.165) is 16.7 Å². The first-order valence-corrected chi connectivity index (χ1v) is 11.0. The van der Waals surface area contributed by atoms with Gasteiger partial charge in [-0.3, -0.25) is 4.79 Å². The van der Waals surface area contributed by atoms with Crippen LogP contribution in [0.2, 0.25) is 0 Å². The maximum atomic E-state index is 12.4. The summed E-state index contributed by atoms with van der Waals surface area (Å²) >= 11 is 0. The zero-order chi connectivity index (χ0) is 21.6. The Morgan fingerprint density at radius 2 is 1.63 bits per heavy atom. The van der Waals surface area contributed by atoms with Gasteiger partial charge in [0.15, 0.2) is 6.61 Å². The first-order valence-electron chi connectivity index (χ1n) is 9.47. The molecule has 30 heavy (non-hydrogen) atoms. The van der Waals surface area contributed by atoms with Crippen LogP contribution >= 0.6 is 0 Å². The lowest BCUT2D eigenvalue weighted by Gasteiger charge is -2.11. The maximum Gasteiger partial charge on any atom is 0.262 e. The molecule has 6 nitrogen and oxygen atoms in total. The summed E-state index contributed by atoms with van der Waals surface area (Å²) in [4.78, 5) is 12.3. The van der Waals surface area contributed by atoms with Gasteiger partial charge in [0.25, 0.3) is 5.91 Å². The summed E-state index contributed by atoms with van der Waals surface area (Å²) in [5, 5.41) is 2.70. The Morgan fingerprint density at radius 1 is 0.933 bits per heavy atom. The molecule has 0 spiro atoms. The minimum atomic E-state index is -3.65. The molecular formula is C23H24N2O4S. The Hall–Kier alpha value is -3.16. The SMILES string of the molecule is Cc1ccc(C)c(OCC(=O)Nc2ccc(S(=O)(=O)NCc3ccccc3)cc2)c1. The van der Waals surface area contributed by atoms with Crippen LogP contribution in [0.1, 0.15) is 16.7 Å². The van der Waals surface area contributed by atoms with Crippen LogP contribution in [0.25, 0.3) is 0 Å². The molecule has 0 radical (unpaired) electrons. The zero-order valence-electron chi connectivity index (χ0n) is 16.9. The number of hydrogen-bond acceptors (Lipinski definition) is 4. The first-order chi connectivity index (χ1) is 14.3. The van der Waals surface area contributed by atoms with Crippen LogP contribution in [0.4, 0.5) is 5.69 Å². The molecule has 0 aromatic heterocycles. The predicted octanol–water partition coefficient (Wildman–Crippen LogP) is 3.80. The third-order valence-corrected chi connectivity index (χ3v) is 5.88. The molecule has 0 saturated carbocycles. The molecule has 0 bridgehead atoms. The van der Waals surface area contributed by atoms with Crippen LogP contribution in [0.15, 0.2) is 77.7 Å². The van der Waals surface area contributed by atoms with Crippen molar-refractivity contribution < 1.29 is 17.9 Å². The van der Waals surface area contributed by atoms with Gasteiger partial charge in [0, 0.05) is 12.2 Å². The van der Waals surface area contributed by atoms with Crippen molar-refractivity contribution in [3.8, 4) is 5.75 Å². The van der Waals surface area contributed by atoms with Crippen LogP contribution in [0.3, 0.4) is 0 Å². The van der Waals surface area contributed by atoms with Gasteiger partial charge < -0.3 is 10.1 Å². The predicted molar refractivity (Wildman–Crippen MR) is 117 cm³/mol. The number of amides is 1. The topological polar surface area (TPSA) is 84.5 Å². The quantitative estimate of drug-likeness (QED) is 0.576. The summed E-state index contributed by atoms with van der Waals surface area (Å²) in [6.07, 6.45) is 0. The lowest BCUT2D eigenvalue weighted by atomic mass is 10.1. The Bertz CT molecular complexity index is 1110. The first kappa shape index (κ1) is 21.5. The molecule has 0 aliphatic rings. The average molecular weight is 425 g/mol. The molecule has 0 atom stereocenters. The van der Waals surface area contributed by atoms with E-state index in [1.165, 1.54) is 12.1 Å². The van der Waals surface area contributed by atoms with Gasteiger partial charge >= 0.3 is 0 Å². The molecule has 1 amide bonds. The van der Waals surface area contributed by atoms with E-state index >= 15 is 0 Å². The molecule has 0 fully saturated rings. The van der Waals surface area contributed by atoms with E-state index in [1.807, 2.05) is 62.4 Å². The fourth-order valence-corrected chi connectivity index (χ4v) is 3.80. The highest BCUT2D eigenvalue weighted by Gasteiger charge is 2.14. The maximum absolute atomic E-state index is 12.4. The molecule has 0 aliphatic heterocycles. The van der Waals surface area contributed by atoms with Crippen LogP contribution in [-0.4, -0.2) is 20.9 Å². The zero-order valence-corrected chi connectivity index (χ0v) is 17.7. The van der Waals surface area contributed by atoms with Crippen molar-refractivity contribution in [2.75, 3.05) is 11.9 Å². The number of hydrogen-bond donors (Lipinski definition) is 2. The molecule has 2 N–H and O–H groups in total. The van der Waals surface area contributed by atoms with Gasteiger partial charge in [-0.25, -0.2) is 13.1 Å². The number of benzene rings is 3. The third kappa shape index (κ3) is 5.92. The molecule has 7 heteroatoms.